The van der Waals surface area contributed by atoms with Gasteiger partial charge < -0.3 is 23.8 Å². The monoisotopic (exact) mass is 442 g/mol. The minimum Gasteiger partial charge on any atom is -0.756 e. The first-order valence-corrected chi connectivity index (χ1v) is 12.6. The number of unbranched alkanes of at least 4 members (excludes halogenated alkanes) is 11. The molecule has 29 heavy (non-hydrogen) atoms. The van der Waals surface area contributed by atoms with E-state index < -0.39 is 13.9 Å². The van der Waals surface area contributed by atoms with Crippen molar-refractivity contribution in [2.75, 3.05) is 13.2 Å². The van der Waals surface area contributed by atoms with Gasteiger partial charge in [-0.15, -0.1) is 0 Å². The summed E-state index contributed by atoms with van der Waals surface area (Å²) in [6, 6.07) is 0. The van der Waals surface area contributed by atoms with Gasteiger partial charge in [-0.05, 0) is 38.5 Å². The van der Waals surface area contributed by atoms with Gasteiger partial charge >= 0.3 is 29.6 Å². The van der Waals surface area contributed by atoms with E-state index in [1.165, 1.54) is 70.6 Å². The van der Waals surface area contributed by atoms with Crippen LogP contribution in [0.3, 0.4) is 0 Å². The fourth-order valence-electron chi connectivity index (χ4n) is 3.31. The summed E-state index contributed by atoms with van der Waals surface area (Å²) < 4.78 is 25.9. The third kappa shape index (κ3) is 19.2. The second-order valence-electron chi connectivity index (χ2n) is 7.66. The van der Waals surface area contributed by atoms with Crippen molar-refractivity contribution in [2.24, 2.45) is 0 Å². The quantitative estimate of drug-likeness (QED) is 0.152. The molecule has 0 radical (unpaired) electrons. The van der Waals surface area contributed by atoms with Gasteiger partial charge in [0.05, 0.1) is 13.2 Å². The van der Waals surface area contributed by atoms with Crippen LogP contribution in [0.15, 0.2) is 12.2 Å². The number of allylic oxidation sites excluding steroid dienone is 2. The molecule has 0 aliphatic carbocycles. The Labute approximate surface area is 199 Å². The molecule has 3 atom stereocenters. The standard InChI is InChI=1S/C21H41O6P.Na/c1-2-3-4-5-6-7-8-9-10-11-12-13-14-15-16-17-21-25-18-20(27-21)19-26-28(22,23)24;/h9-10,20-21H,2-8,11-19H2,1H3,(H2,22,23,24);/q;+1/p-1/b10-9+;. The van der Waals surface area contributed by atoms with Crippen LogP contribution < -0.4 is 34.5 Å². The molecule has 166 valence electrons. The van der Waals surface area contributed by atoms with E-state index in [-0.39, 0.29) is 42.5 Å². The van der Waals surface area contributed by atoms with Crippen LogP contribution in [-0.2, 0) is 18.6 Å². The van der Waals surface area contributed by atoms with Crippen molar-refractivity contribution in [1.29, 1.82) is 0 Å². The molecule has 0 spiro atoms. The van der Waals surface area contributed by atoms with E-state index in [1.54, 1.807) is 0 Å². The molecule has 0 aromatic heterocycles. The molecule has 1 saturated heterocycles. The second-order valence-corrected chi connectivity index (χ2v) is 8.85. The Kier molecular flexibility index (Phi) is 20.0. The summed E-state index contributed by atoms with van der Waals surface area (Å²) in [5.74, 6) is 0. The van der Waals surface area contributed by atoms with Crippen molar-refractivity contribution < 1.29 is 57.9 Å². The van der Waals surface area contributed by atoms with E-state index in [2.05, 4.69) is 23.6 Å². The number of rotatable bonds is 18. The molecule has 1 fully saturated rings. The summed E-state index contributed by atoms with van der Waals surface area (Å²) in [7, 11) is -4.68. The summed E-state index contributed by atoms with van der Waals surface area (Å²) >= 11 is 0. The third-order valence-corrected chi connectivity index (χ3v) is 5.41. The Balaban J connectivity index is 0.00000784. The zero-order valence-corrected chi connectivity index (χ0v) is 21.5. The zero-order chi connectivity index (χ0) is 20.5. The largest absolute Gasteiger partial charge is 1.00 e. The van der Waals surface area contributed by atoms with Crippen LogP contribution in [0.4, 0.5) is 0 Å². The van der Waals surface area contributed by atoms with Crippen LogP contribution in [0.1, 0.15) is 96.8 Å². The predicted molar refractivity (Wildman–Crippen MR) is 110 cm³/mol. The van der Waals surface area contributed by atoms with Gasteiger partial charge in [0.2, 0.25) is 0 Å². The Bertz CT molecular complexity index is 443. The fourth-order valence-corrected chi connectivity index (χ4v) is 3.66. The van der Waals surface area contributed by atoms with Crippen LogP contribution in [-0.4, -0.2) is 30.5 Å². The minimum absolute atomic E-state index is 0. The van der Waals surface area contributed by atoms with Gasteiger partial charge in [-0.1, -0.05) is 70.4 Å². The van der Waals surface area contributed by atoms with Crippen molar-refractivity contribution in [2.45, 2.75) is 109 Å². The van der Waals surface area contributed by atoms with Gasteiger partial charge in [-0.3, -0.25) is 4.57 Å². The Morgan fingerprint density at radius 3 is 2.14 bits per heavy atom. The Morgan fingerprint density at radius 2 is 1.55 bits per heavy atom. The molecular weight excluding hydrogens is 402 g/mol. The van der Waals surface area contributed by atoms with Gasteiger partial charge in [-0.2, -0.15) is 0 Å². The molecule has 6 nitrogen and oxygen atoms in total. The summed E-state index contributed by atoms with van der Waals surface area (Å²) in [5.41, 5.74) is 0. The number of phosphoric ester groups is 1. The molecule has 1 rings (SSSR count). The van der Waals surface area contributed by atoms with Crippen molar-refractivity contribution in [3.05, 3.63) is 12.2 Å². The summed E-state index contributed by atoms with van der Waals surface area (Å²) in [6.45, 7) is 2.36. The van der Waals surface area contributed by atoms with Crippen LogP contribution >= 0.6 is 7.82 Å². The normalized spacial score (nSPS) is 21.3. The Morgan fingerprint density at radius 1 is 1.00 bits per heavy atom. The fraction of sp³-hybridized carbons (Fsp3) is 0.905. The smallest absolute Gasteiger partial charge is 0.756 e. The molecule has 0 aromatic carbocycles. The molecule has 1 aliphatic rings. The minimum atomic E-state index is -4.68. The predicted octanol–water partition coefficient (Wildman–Crippen LogP) is 2.25. The molecule has 8 heteroatoms. The maximum absolute atomic E-state index is 10.6. The van der Waals surface area contributed by atoms with Crippen LogP contribution in [0, 0.1) is 0 Å². The molecule has 1 heterocycles. The number of hydrogen-bond donors (Lipinski definition) is 1. The van der Waals surface area contributed by atoms with Crippen LogP contribution in [0.2, 0.25) is 0 Å². The van der Waals surface area contributed by atoms with E-state index in [0.717, 1.165) is 19.3 Å². The van der Waals surface area contributed by atoms with E-state index in [4.69, 9.17) is 14.4 Å². The van der Waals surface area contributed by atoms with E-state index in [0.29, 0.717) is 6.61 Å². The van der Waals surface area contributed by atoms with Crippen molar-refractivity contribution >= 4 is 7.82 Å². The zero-order valence-electron chi connectivity index (χ0n) is 18.6. The van der Waals surface area contributed by atoms with Gasteiger partial charge in [0.15, 0.2) is 6.29 Å². The number of ether oxygens (including phenoxy) is 2. The van der Waals surface area contributed by atoms with E-state index in [9.17, 15) is 9.46 Å². The van der Waals surface area contributed by atoms with E-state index in [1.807, 2.05) is 0 Å². The molecular formula is C21H40NaO6P. The molecule has 3 unspecified atom stereocenters. The molecule has 0 bridgehead atoms. The second kappa shape index (κ2) is 19.5. The number of phosphoric acid groups is 1. The van der Waals surface area contributed by atoms with Gasteiger partial charge in [0.25, 0.3) is 7.82 Å². The molecule has 1 aliphatic heterocycles. The van der Waals surface area contributed by atoms with E-state index >= 15 is 0 Å². The van der Waals surface area contributed by atoms with Crippen molar-refractivity contribution in [1.82, 2.24) is 0 Å². The molecule has 0 saturated carbocycles. The maximum Gasteiger partial charge on any atom is 1.00 e. The summed E-state index contributed by atoms with van der Waals surface area (Å²) in [5, 5.41) is 0. The SMILES string of the molecule is CCCCCCCC/C=C/CCCCCCCC1OCC(COP(=O)([O-])O)O1.[Na+]. The topological polar surface area (TPSA) is 88.1 Å². The first kappa shape index (κ1) is 29.8. The maximum atomic E-state index is 10.6. The van der Waals surface area contributed by atoms with Gasteiger partial charge in [-0.25, -0.2) is 0 Å². The molecule has 0 amide bonds. The Hall–Kier alpha value is 0.770. The van der Waals surface area contributed by atoms with Crippen LogP contribution in [0.5, 0.6) is 0 Å². The average Bonchev–Trinajstić information content (AvgIpc) is 3.10. The van der Waals surface area contributed by atoms with Gasteiger partial charge in [0, 0.05) is 0 Å². The summed E-state index contributed by atoms with van der Waals surface area (Å²) in [6.07, 6.45) is 21.2. The van der Waals surface area contributed by atoms with Crippen molar-refractivity contribution in [3.8, 4) is 0 Å². The number of hydrogen-bond acceptors (Lipinski definition) is 5. The average molecular weight is 443 g/mol. The first-order chi connectivity index (χ1) is 13.5. The molecule has 1 N–H and O–H groups in total. The van der Waals surface area contributed by atoms with Gasteiger partial charge in [0.1, 0.15) is 6.10 Å². The third-order valence-electron chi connectivity index (χ3n) is 4.94. The van der Waals surface area contributed by atoms with Crippen molar-refractivity contribution in [3.63, 3.8) is 0 Å². The first-order valence-electron chi connectivity index (χ1n) is 11.1. The summed E-state index contributed by atoms with van der Waals surface area (Å²) in [4.78, 5) is 19.1. The molecule has 0 aromatic rings. The van der Waals surface area contributed by atoms with Crippen LogP contribution in [0.25, 0.3) is 0 Å².